The van der Waals surface area contributed by atoms with E-state index in [9.17, 15) is 4.79 Å². The molecule has 4 bridgehead atoms. The van der Waals surface area contributed by atoms with Crippen LogP contribution in [-0.2, 0) is 0 Å². The highest BCUT2D eigenvalue weighted by Crippen LogP contribution is 2.55. The lowest BCUT2D eigenvalue weighted by atomic mass is 9.53. The number of aryl methyl sites for hydroxylation is 1. The van der Waals surface area contributed by atoms with Gasteiger partial charge >= 0.3 is 0 Å². The van der Waals surface area contributed by atoms with Crippen LogP contribution in [-0.4, -0.2) is 11.4 Å². The molecule has 5 rings (SSSR count). The predicted molar refractivity (Wildman–Crippen MR) is 79.5 cm³/mol. The van der Waals surface area contributed by atoms with Crippen LogP contribution >= 0.6 is 0 Å². The average Bonchev–Trinajstić information content (AvgIpc) is 2.37. The molecule has 0 aromatic heterocycles. The number of carbonyl (C=O) groups excluding carboxylic acids is 1. The van der Waals surface area contributed by atoms with Crippen LogP contribution in [0.15, 0.2) is 24.3 Å². The Labute approximate surface area is 121 Å². The molecular weight excluding hydrogens is 246 g/mol. The van der Waals surface area contributed by atoms with Crippen molar-refractivity contribution < 1.29 is 4.79 Å². The van der Waals surface area contributed by atoms with Crippen LogP contribution in [0.1, 0.15) is 54.4 Å². The van der Waals surface area contributed by atoms with Gasteiger partial charge in [0, 0.05) is 11.1 Å². The van der Waals surface area contributed by atoms with Crippen molar-refractivity contribution in [3.63, 3.8) is 0 Å². The van der Waals surface area contributed by atoms with Crippen molar-refractivity contribution in [3.8, 4) is 0 Å². The van der Waals surface area contributed by atoms with Crippen LogP contribution in [0.5, 0.6) is 0 Å². The fraction of sp³-hybridized carbons (Fsp3) is 0.611. The molecule has 1 aromatic rings. The quantitative estimate of drug-likeness (QED) is 0.871. The van der Waals surface area contributed by atoms with Gasteiger partial charge in [-0.25, -0.2) is 0 Å². The molecule has 1 N–H and O–H groups in total. The van der Waals surface area contributed by atoms with Crippen molar-refractivity contribution in [3.05, 3.63) is 35.4 Å². The Morgan fingerprint density at radius 1 is 1.00 bits per heavy atom. The number of nitrogens with one attached hydrogen (secondary N) is 1. The molecule has 4 saturated carbocycles. The second-order valence-corrected chi connectivity index (χ2v) is 7.52. The van der Waals surface area contributed by atoms with E-state index >= 15 is 0 Å². The SMILES string of the molecule is Cc1ccc(C(=O)NC23CC4CC(CC(C4)C2)C3)cc1. The average molecular weight is 269 g/mol. The summed E-state index contributed by atoms with van der Waals surface area (Å²) in [5.74, 6) is 2.76. The van der Waals surface area contributed by atoms with Gasteiger partial charge in [0.2, 0.25) is 0 Å². The molecule has 0 heterocycles. The number of hydrogen-bond acceptors (Lipinski definition) is 1. The third-order valence-corrected chi connectivity index (χ3v) is 5.73. The summed E-state index contributed by atoms with van der Waals surface area (Å²) in [6.45, 7) is 2.06. The summed E-state index contributed by atoms with van der Waals surface area (Å²) in [5.41, 5.74) is 2.14. The molecule has 0 atom stereocenters. The molecule has 0 saturated heterocycles. The zero-order valence-corrected chi connectivity index (χ0v) is 12.2. The summed E-state index contributed by atoms with van der Waals surface area (Å²) >= 11 is 0. The normalized spacial score (nSPS) is 38.0. The molecule has 4 fully saturated rings. The lowest BCUT2D eigenvalue weighted by Gasteiger charge is -2.56. The van der Waals surface area contributed by atoms with Gasteiger partial charge in [-0.1, -0.05) is 17.7 Å². The van der Waals surface area contributed by atoms with E-state index in [0.29, 0.717) is 0 Å². The first-order valence-corrected chi connectivity index (χ1v) is 8.01. The van der Waals surface area contributed by atoms with Gasteiger partial charge in [0.25, 0.3) is 5.91 Å². The van der Waals surface area contributed by atoms with Gasteiger partial charge in [-0.05, 0) is 75.3 Å². The van der Waals surface area contributed by atoms with Crippen molar-refractivity contribution in [2.45, 2.75) is 51.0 Å². The van der Waals surface area contributed by atoms with Crippen LogP contribution in [0.3, 0.4) is 0 Å². The topological polar surface area (TPSA) is 29.1 Å². The third kappa shape index (κ3) is 2.06. The van der Waals surface area contributed by atoms with Crippen LogP contribution in [0.2, 0.25) is 0 Å². The Hall–Kier alpha value is -1.31. The maximum absolute atomic E-state index is 12.5. The molecule has 0 spiro atoms. The zero-order valence-electron chi connectivity index (χ0n) is 12.2. The Bertz CT molecular complexity index is 496. The first-order valence-electron chi connectivity index (χ1n) is 8.01. The first-order chi connectivity index (χ1) is 9.62. The summed E-state index contributed by atoms with van der Waals surface area (Å²) in [7, 11) is 0. The van der Waals surface area contributed by atoms with E-state index in [2.05, 4.69) is 12.2 Å². The van der Waals surface area contributed by atoms with Crippen LogP contribution in [0.4, 0.5) is 0 Å². The van der Waals surface area contributed by atoms with Crippen molar-refractivity contribution >= 4 is 5.91 Å². The number of carbonyl (C=O) groups is 1. The van der Waals surface area contributed by atoms with Crippen LogP contribution < -0.4 is 5.32 Å². The van der Waals surface area contributed by atoms with Gasteiger partial charge < -0.3 is 5.32 Å². The Morgan fingerprint density at radius 2 is 1.50 bits per heavy atom. The molecule has 4 aliphatic rings. The molecule has 0 radical (unpaired) electrons. The Morgan fingerprint density at radius 3 is 2.00 bits per heavy atom. The van der Waals surface area contributed by atoms with Gasteiger partial charge in [-0.2, -0.15) is 0 Å². The van der Waals surface area contributed by atoms with Crippen molar-refractivity contribution in [1.82, 2.24) is 5.32 Å². The molecule has 20 heavy (non-hydrogen) atoms. The molecule has 106 valence electrons. The molecular formula is C18H23NO. The number of benzene rings is 1. The van der Waals surface area contributed by atoms with E-state index in [4.69, 9.17) is 0 Å². The summed E-state index contributed by atoms with van der Waals surface area (Å²) in [5, 5.41) is 3.42. The number of rotatable bonds is 2. The van der Waals surface area contributed by atoms with E-state index in [1.807, 2.05) is 24.3 Å². The summed E-state index contributed by atoms with van der Waals surface area (Å²) in [6, 6.07) is 7.94. The smallest absolute Gasteiger partial charge is 0.251 e. The molecule has 2 nitrogen and oxygen atoms in total. The molecule has 2 heteroatoms. The maximum Gasteiger partial charge on any atom is 0.251 e. The lowest BCUT2D eigenvalue weighted by molar-refractivity contribution is -0.0167. The van der Waals surface area contributed by atoms with Gasteiger partial charge in [0.1, 0.15) is 0 Å². The van der Waals surface area contributed by atoms with Gasteiger partial charge in [-0.15, -0.1) is 0 Å². The fourth-order valence-corrected chi connectivity index (χ4v) is 5.28. The van der Waals surface area contributed by atoms with Gasteiger partial charge in [0.05, 0.1) is 0 Å². The fourth-order valence-electron chi connectivity index (χ4n) is 5.28. The molecule has 0 aliphatic heterocycles. The Balaban J connectivity index is 1.53. The van der Waals surface area contributed by atoms with Crippen LogP contribution in [0.25, 0.3) is 0 Å². The van der Waals surface area contributed by atoms with E-state index in [-0.39, 0.29) is 11.4 Å². The highest BCUT2D eigenvalue weighted by molar-refractivity contribution is 5.94. The standard InChI is InChI=1S/C18H23NO/c1-12-2-4-16(5-3-12)17(20)19-18-9-13-6-14(10-18)8-15(7-13)11-18/h2-5,13-15H,6-11H2,1H3,(H,19,20). The molecule has 4 aliphatic carbocycles. The maximum atomic E-state index is 12.5. The molecule has 1 amide bonds. The van der Waals surface area contributed by atoms with E-state index in [0.717, 1.165) is 23.3 Å². The second-order valence-electron chi connectivity index (χ2n) is 7.52. The highest BCUT2D eigenvalue weighted by atomic mass is 16.1. The minimum Gasteiger partial charge on any atom is -0.347 e. The lowest BCUT2D eigenvalue weighted by Crippen LogP contribution is -2.59. The summed E-state index contributed by atoms with van der Waals surface area (Å²) in [4.78, 5) is 12.5. The minimum atomic E-state index is 0.122. The molecule has 1 aromatic carbocycles. The zero-order chi connectivity index (χ0) is 13.7. The van der Waals surface area contributed by atoms with E-state index in [1.165, 1.54) is 44.1 Å². The summed E-state index contributed by atoms with van der Waals surface area (Å²) < 4.78 is 0. The minimum absolute atomic E-state index is 0.122. The monoisotopic (exact) mass is 269 g/mol. The van der Waals surface area contributed by atoms with E-state index < -0.39 is 0 Å². The first kappa shape index (κ1) is 12.4. The highest BCUT2D eigenvalue weighted by Gasteiger charge is 2.51. The molecule has 0 unspecified atom stereocenters. The van der Waals surface area contributed by atoms with Crippen molar-refractivity contribution in [2.75, 3.05) is 0 Å². The summed E-state index contributed by atoms with van der Waals surface area (Å²) in [6.07, 6.45) is 7.91. The third-order valence-electron chi connectivity index (χ3n) is 5.73. The Kier molecular flexibility index (Phi) is 2.70. The van der Waals surface area contributed by atoms with E-state index in [1.54, 1.807) is 0 Å². The number of hydrogen-bond donors (Lipinski definition) is 1. The predicted octanol–water partition coefficient (Wildman–Crippen LogP) is 3.69. The van der Waals surface area contributed by atoms with Gasteiger partial charge in [-0.3, -0.25) is 4.79 Å². The van der Waals surface area contributed by atoms with Crippen molar-refractivity contribution in [2.24, 2.45) is 17.8 Å². The second kappa shape index (κ2) is 4.34. The van der Waals surface area contributed by atoms with Crippen molar-refractivity contribution in [1.29, 1.82) is 0 Å². The largest absolute Gasteiger partial charge is 0.347 e. The van der Waals surface area contributed by atoms with Gasteiger partial charge in [0.15, 0.2) is 0 Å². The number of amides is 1. The van der Waals surface area contributed by atoms with Crippen LogP contribution in [0, 0.1) is 24.7 Å².